The lowest BCUT2D eigenvalue weighted by Gasteiger charge is -2.43. The number of carboxylic acid groups (broad SMARTS) is 1. The summed E-state index contributed by atoms with van der Waals surface area (Å²) in [5.41, 5.74) is 6.41. The van der Waals surface area contributed by atoms with Gasteiger partial charge in [-0.15, -0.1) is 11.8 Å². The quantitative estimate of drug-likeness (QED) is 0.508. The van der Waals surface area contributed by atoms with Crippen molar-refractivity contribution in [3.8, 4) is 5.75 Å². The number of nitrogens with zero attached hydrogens (tertiary/aromatic N) is 2. The molecule has 4 atom stereocenters. The fourth-order valence-electron chi connectivity index (χ4n) is 3.40. The first kappa shape index (κ1) is 21.7. The van der Waals surface area contributed by atoms with Crippen molar-refractivity contribution in [1.29, 1.82) is 0 Å². The first-order chi connectivity index (χ1) is 14.1. The summed E-state index contributed by atoms with van der Waals surface area (Å²) in [4.78, 5) is 37.5. The van der Waals surface area contributed by atoms with Crippen LogP contribution in [0.5, 0.6) is 5.75 Å². The number of carbonyl (C=O) groups is 3. The van der Waals surface area contributed by atoms with Crippen molar-refractivity contribution in [2.45, 2.75) is 42.1 Å². The van der Waals surface area contributed by atoms with Crippen LogP contribution in [0.15, 0.2) is 47.3 Å². The Morgan fingerprint density at radius 1 is 1.33 bits per heavy atom. The monoisotopic (exact) mass is 434 g/mol. The van der Waals surface area contributed by atoms with E-state index in [4.69, 9.17) is 5.73 Å². The maximum atomic E-state index is 12.3. The zero-order valence-electron chi connectivity index (χ0n) is 16.3. The summed E-state index contributed by atoms with van der Waals surface area (Å²) >= 11 is 1.35. The van der Waals surface area contributed by atoms with E-state index in [1.807, 2.05) is 0 Å². The number of aliphatic carboxylic acids is 1. The second-order valence-electron chi connectivity index (χ2n) is 7.34. The predicted octanol–water partition coefficient (Wildman–Crippen LogP) is 0.698. The number of hydrogen-bond acceptors (Lipinski definition) is 8. The van der Waals surface area contributed by atoms with E-state index in [0.29, 0.717) is 5.56 Å². The van der Waals surface area contributed by atoms with Gasteiger partial charge in [-0.25, -0.2) is 4.79 Å². The van der Waals surface area contributed by atoms with Crippen molar-refractivity contribution in [1.82, 2.24) is 15.4 Å². The van der Waals surface area contributed by atoms with Crippen LogP contribution in [0.3, 0.4) is 0 Å². The van der Waals surface area contributed by atoms with Crippen molar-refractivity contribution in [3.05, 3.63) is 48.4 Å². The number of thioether (sulfide) groups is 1. The Balaban J connectivity index is 0.000000448. The summed E-state index contributed by atoms with van der Waals surface area (Å²) in [6.07, 6.45) is 3.10. The van der Waals surface area contributed by atoms with Crippen LogP contribution >= 0.6 is 11.8 Å². The largest absolute Gasteiger partial charge is 0.508 e. The third-order valence-corrected chi connectivity index (χ3v) is 6.43. The average molecular weight is 434 g/mol. The highest BCUT2D eigenvalue weighted by Gasteiger charge is 2.64. The van der Waals surface area contributed by atoms with Crippen LogP contribution in [-0.2, 0) is 14.4 Å². The number of carboxylic acids is 1. The Hall–Kier alpha value is -3.05. The van der Waals surface area contributed by atoms with Crippen molar-refractivity contribution >= 4 is 29.5 Å². The van der Waals surface area contributed by atoms with E-state index in [1.54, 1.807) is 26.1 Å². The number of nitrogens with one attached hydrogen (secondary N) is 1. The highest BCUT2D eigenvalue weighted by Crippen LogP contribution is 2.50. The topological polar surface area (TPSA) is 159 Å². The molecule has 160 valence electrons. The molecule has 2 aliphatic heterocycles. The molecule has 4 rings (SSSR count). The molecule has 10 nitrogen and oxygen atoms in total. The van der Waals surface area contributed by atoms with Gasteiger partial charge in [-0.1, -0.05) is 17.3 Å². The number of fused-ring (bicyclic) bond motifs is 1. The molecule has 0 unspecified atom stereocenters. The molecule has 5 N–H and O–H groups in total. The molecule has 0 bridgehead atoms. The van der Waals surface area contributed by atoms with Crippen molar-refractivity contribution in [2.75, 3.05) is 0 Å². The minimum Gasteiger partial charge on any atom is -0.508 e. The Kier molecular flexibility index (Phi) is 6.04. The summed E-state index contributed by atoms with van der Waals surface area (Å²) in [6.45, 7) is 3.53. The first-order valence-corrected chi connectivity index (χ1v) is 9.93. The van der Waals surface area contributed by atoms with Crippen LogP contribution in [0.1, 0.15) is 25.5 Å². The molecule has 3 heterocycles. The molecule has 0 spiro atoms. The van der Waals surface area contributed by atoms with Gasteiger partial charge in [0.15, 0.2) is 0 Å². The van der Waals surface area contributed by atoms with Crippen LogP contribution in [-0.4, -0.2) is 60.3 Å². The van der Waals surface area contributed by atoms with Crippen LogP contribution in [0.25, 0.3) is 0 Å². The number of phenolic OH excluding ortho intramolecular Hbond substituents is 1. The Morgan fingerprint density at radius 3 is 2.50 bits per heavy atom. The molecule has 0 radical (unpaired) electrons. The van der Waals surface area contributed by atoms with Crippen LogP contribution < -0.4 is 11.1 Å². The zero-order chi connectivity index (χ0) is 22.1. The van der Waals surface area contributed by atoms with Gasteiger partial charge in [0.05, 0.1) is 6.20 Å². The van der Waals surface area contributed by atoms with Crippen LogP contribution in [0.2, 0.25) is 0 Å². The Bertz CT molecular complexity index is 900. The molecule has 2 aromatic rings. The van der Waals surface area contributed by atoms with Crippen LogP contribution in [0.4, 0.5) is 0 Å². The second-order valence-corrected chi connectivity index (χ2v) is 9.11. The van der Waals surface area contributed by atoms with E-state index in [-0.39, 0.29) is 5.75 Å². The van der Waals surface area contributed by atoms with Gasteiger partial charge in [0.25, 0.3) is 0 Å². The van der Waals surface area contributed by atoms with Gasteiger partial charge in [-0.05, 0) is 37.6 Å². The lowest BCUT2D eigenvalue weighted by molar-refractivity contribution is -0.161. The maximum absolute atomic E-state index is 12.3. The number of aromatic hydroxyl groups is 1. The summed E-state index contributed by atoms with van der Waals surface area (Å²) < 4.78 is 3.69. The van der Waals surface area contributed by atoms with Crippen molar-refractivity contribution in [3.63, 3.8) is 0 Å². The maximum Gasteiger partial charge on any atom is 0.327 e. The molecule has 0 aliphatic carbocycles. The standard InChI is InChI=1S/C16H19N3O5S.C3H3NO/c1-16(2)11(15(23)24)19-13(22)10(14(19)25-16)18-12(21)9(17)7-3-5-8(20)6-4-7;1-2-4-5-3-1/h3-6,9-11,14,20H,17H2,1-2H3,(H,18,21)(H,23,24);1-3H/t9-,10-,11+,14-;/m1./s1. The summed E-state index contributed by atoms with van der Waals surface area (Å²) in [5.74, 6) is -1.94. The molecule has 11 heteroatoms. The lowest BCUT2D eigenvalue weighted by atomic mass is 9.95. The third kappa shape index (κ3) is 4.12. The number of rotatable bonds is 4. The number of carbonyl (C=O) groups excluding carboxylic acids is 2. The number of hydrogen-bond donors (Lipinski definition) is 4. The Morgan fingerprint density at radius 2 is 2.00 bits per heavy atom. The van der Waals surface area contributed by atoms with E-state index in [9.17, 15) is 24.6 Å². The van der Waals surface area contributed by atoms with Crippen LogP contribution in [0, 0.1) is 0 Å². The average Bonchev–Trinajstić information content (AvgIpc) is 3.35. The molecule has 30 heavy (non-hydrogen) atoms. The normalized spacial score (nSPS) is 24.7. The first-order valence-electron chi connectivity index (χ1n) is 9.05. The lowest BCUT2D eigenvalue weighted by Crippen LogP contribution is -2.71. The number of phenols is 1. The smallest absolute Gasteiger partial charge is 0.327 e. The number of β-lactam (4-membered cyclic amide) rings is 1. The van der Waals surface area contributed by atoms with Gasteiger partial charge in [-0.2, -0.15) is 0 Å². The minimum absolute atomic E-state index is 0.0606. The number of benzene rings is 1. The van der Waals surface area contributed by atoms with E-state index < -0.39 is 46.0 Å². The van der Waals surface area contributed by atoms with Gasteiger partial charge >= 0.3 is 5.97 Å². The third-order valence-electron chi connectivity index (χ3n) is 4.85. The summed E-state index contributed by atoms with van der Waals surface area (Å²) in [6, 6.07) is 4.93. The van der Waals surface area contributed by atoms with Gasteiger partial charge in [-0.3, -0.25) is 9.59 Å². The molecule has 2 saturated heterocycles. The fraction of sp³-hybridized carbons (Fsp3) is 0.368. The van der Waals surface area contributed by atoms with Gasteiger partial charge < -0.3 is 30.7 Å². The second kappa shape index (κ2) is 8.36. The number of aromatic nitrogens is 1. The van der Waals surface area contributed by atoms with Gasteiger partial charge in [0.1, 0.15) is 35.5 Å². The SMILES string of the molecule is CC1(C)S[C@@H]2[C@H](NC(=O)[C@H](N)c3ccc(O)cc3)C(=O)N2[C@H]1C(=O)O.c1cnoc1. The highest BCUT2D eigenvalue weighted by atomic mass is 32.2. The fourth-order valence-corrected chi connectivity index (χ4v) is 5.02. The van der Waals surface area contributed by atoms with E-state index >= 15 is 0 Å². The number of nitrogens with two attached hydrogens (primary N) is 1. The molecule has 2 aliphatic rings. The van der Waals surface area contributed by atoms with E-state index in [0.717, 1.165) is 0 Å². The minimum atomic E-state index is -1.06. The predicted molar refractivity (Wildman–Crippen MR) is 107 cm³/mol. The highest BCUT2D eigenvalue weighted by molar-refractivity contribution is 8.01. The van der Waals surface area contributed by atoms with E-state index in [2.05, 4.69) is 15.0 Å². The molecule has 0 saturated carbocycles. The van der Waals surface area contributed by atoms with E-state index in [1.165, 1.54) is 47.2 Å². The van der Waals surface area contributed by atoms with Gasteiger partial charge in [0.2, 0.25) is 11.8 Å². The summed E-state index contributed by atoms with van der Waals surface area (Å²) in [7, 11) is 0. The molecular formula is C19H22N4O6S. The molecule has 1 aromatic heterocycles. The van der Waals surface area contributed by atoms with Crippen molar-refractivity contribution < 1.29 is 29.1 Å². The molecule has 2 fully saturated rings. The summed E-state index contributed by atoms with van der Waals surface area (Å²) in [5, 5.41) is 24.2. The van der Waals surface area contributed by atoms with Crippen molar-refractivity contribution in [2.24, 2.45) is 5.73 Å². The zero-order valence-corrected chi connectivity index (χ0v) is 17.1. The molecule has 2 amide bonds. The Labute approximate surface area is 176 Å². The molecule has 1 aromatic carbocycles. The number of amides is 2. The van der Waals surface area contributed by atoms with Gasteiger partial charge in [0, 0.05) is 4.75 Å². The molecular weight excluding hydrogens is 412 g/mol.